The molecule has 1 saturated carbocycles. The third kappa shape index (κ3) is 5.28. The topological polar surface area (TPSA) is 72.6 Å². The maximum Gasteiger partial charge on any atom is 0.417 e. The predicted octanol–water partition coefficient (Wildman–Crippen LogP) is 3.97. The van der Waals surface area contributed by atoms with Crippen molar-refractivity contribution in [3.8, 4) is 0 Å². The van der Waals surface area contributed by atoms with Gasteiger partial charge in [0.25, 0.3) is 5.92 Å². The van der Waals surface area contributed by atoms with Crippen molar-refractivity contribution in [3.63, 3.8) is 0 Å². The number of amides is 1. The third-order valence-corrected chi connectivity index (χ3v) is 6.06. The van der Waals surface area contributed by atoms with E-state index in [0.717, 1.165) is 12.1 Å². The number of nitrogens with two attached hydrogens (primary N) is 1. The molecular formula is C20H22ClF5N2O3. The Balaban J connectivity index is 1.52. The Hall–Kier alpha value is -1.94. The van der Waals surface area contributed by atoms with Crippen molar-refractivity contribution in [2.24, 2.45) is 17.6 Å². The standard InChI is InChI=1S/C20H22ClF5N2O3/c1-11(29)31-10-18(27)6-13(7-18)17(30)28-8-12(9-28)5-19(22,23)14-2-3-16(21)15(4-14)20(24,25)26/h2-4,12-13H,5-10,27H2,1H3. The number of alkyl halides is 5. The van der Waals surface area contributed by atoms with E-state index < -0.39 is 52.1 Å². The van der Waals surface area contributed by atoms with E-state index in [1.165, 1.54) is 11.8 Å². The van der Waals surface area contributed by atoms with Crippen LogP contribution in [0, 0.1) is 11.8 Å². The van der Waals surface area contributed by atoms with E-state index in [1.54, 1.807) is 0 Å². The van der Waals surface area contributed by atoms with E-state index in [2.05, 4.69) is 0 Å². The molecule has 2 aliphatic rings. The first-order valence-corrected chi connectivity index (χ1v) is 10.0. The summed E-state index contributed by atoms with van der Waals surface area (Å²) in [7, 11) is 0. The van der Waals surface area contributed by atoms with Gasteiger partial charge in [-0.2, -0.15) is 13.2 Å². The van der Waals surface area contributed by atoms with Crippen LogP contribution in [0.4, 0.5) is 22.0 Å². The third-order valence-electron chi connectivity index (χ3n) is 5.73. The molecule has 1 aliphatic carbocycles. The zero-order chi connectivity index (χ0) is 23.2. The summed E-state index contributed by atoms with van der Waals surface area (Å²) in [6.07, 6.45) is -4.84. The Morgan fingerprint density at radius 2 is 1.84 bits per heavy atom. The monoisotopic (exact) mass is 468 g/mol. The number of ether oxygens (including phenoxy) is 1. The number of hydrogen-bond donors (Lipinski definition) is 1. The first-order valence-electron chi connectivity index (χ1n) is 9.66. The average Bonchev–Trinajstić information content (AvgIpc) is 2.59. The van der Waals surface area contributed by atoms with Gasteiger partial charge in [-0.1, -0.05) is 17.7 Å². The van der Waals surface area contributed by atoms with Gasteiger partial charge in [0, 0.05) is 43.8 Å². The maximum absolute atomic E-state index is 14.6. The minimum Gasteiger partial charge on any atom is -0.464 e. The highest BCUT2D eigenvalue weighted by Crippen LogP contribution is 2.43. The lowest BCUT2D eigenvalue weighted by molar-refractivity contribution is -0.154. The van der Waals surface area contributed by atoms with E-state index in [9.17, 15) is 31.5 Å². The second-order valence-electron chi connectivity index (χ2n) is 8.46. The average molecular weight is 469 g/mol. The molecule has 11 heteroatoms. The summed E-state index contributed by atoms with van der Waals surface area (Å²) in [5.41, 5.74) is 3.21. The van der Waals surface area contributed by atoms with E-state index in [1.807, 2.05) is 0 Å². The molecule has 172 valence electrons. The Morgan fingerprint density at radius 1 is 1.23 bits per heavy atom. The summed E-state index contributed by atoms with van der Waals surface area (Å²) in [5, 5.41) is -0.641. The summed E-state index contributed by atoms with van der Waals surface area (Å²) < 4.78 is 72.9. The first-order chi connectivity index (χ1) is 14.2. The summed E-state index contributed by atoms with van der Waals surface area (Å²) in [5.74, 6) is -5.04. The van der Waals surface area contributed by atoms with Crippen LogP contribution < -0.4 is 5.73 Å². The van der Waals surface area contributed by atoms with E-state index in [-0.39, 0.29) is 31.5 Å². The second-order valence-corrected chi connectivity index (χ2v) is 8.87. The molecule has 0 bridgehead atoms. The molecule has 0 unspecified atom stereocenters. The fraction of sp³-hybridized carbons (Fsp3) is 0.600. The van der Waals surface area contributed by atoms with Crippen molar-refractivity contribution >= 4 is 23.5 Å². The molecule has 0 atom stereocenters. The fourth-order valence-electron chi connectivity index (χ4n) is 4.05. The molecular weight excluding hydrogens is 447 g/mol. The normalized spacial score (nSPS) is 24.4. The van der Waals surface area contributed by atoms with Crippen LogP contribution >= 0.6 is 11.6 Å². The van der Waals surface area contributed by atoms with Gasteiger partial charge in [-0.3, -0.25) is 9.59 Å². The van der Waals surface area contributed by atoms with Crippen LogP contribution in [0.25, 0.3) is 0 Å². The van der Waals surface area contributed by atoms with Gasteiger partial charge in [-0.15, -0.1) is 0 Å². The zero-order valence-corrected chi connectivity index (χ0v) is 17.4. The van der Waals surface area contributed by atoms with Crippen molar-refractivity contribution < 1.29 is 36.3 Å². The van der Waals surface area contributed by atoms with Gasteiger partial charge in [-0.05, 0) is 25.0 Å². The van der Waals surface area contributed by atoms with Crippen LogP contribution in [0.15, 0.2) is 18.2 Å². The van der Waals surface area contributed by atoms with Gasteiger partial charge in [0.15, 0.2) is 0 Å². The molecule has 1 aromatic carbocycles. The number of carbonyl (C=O) groups excluding carboxylic acids is 2. The molecule has 1 aliphatic heterocycles. The van der Waals surface area contributed by atoms with Gasteiger partial charge in [-0.25, -0.2) is 8.78 Å². The van der Waals surface area contributed by atoms with E-state index in [0.29, 0.717) is 18.9 Å². The summed E-state index contributed by atoms with van der Waals surface area (Å²) in [4.78, 5) is 24.8. The van der Waals surface area contributed by atoms with E-state index in [4.69, 9.17) is 22.1 Å². The molecule has 2 fully saturated rings. The molecule has 31 heavy (non-hydrogen) atoms. The van der Waals surface area contributed by atoms with Gasteiger partial charge < -0.3 is 15.4 Å². The zero-order valence-electron chi connectivity index (χ0n) is 16.6. The summed E-state index contributed by atoms with van der Waals surface area (Å²) in [6, 6.07) is 2.08. The molecule has 1 heterocycles. The predicted molar refractivity (Wildman–Crippen MR) is 101 cm³/mol. The number of carbonyl (C=O) groups is 2. The lowest BCUT2D eigenvalue weighted by Crippen LogP contribution is -2.62. The molecule has 1 aromatic rings. The van der Waals surface area contributed by atoms with Gasteiger partial charge in [0.1, 0.15) is 6.61 Å². The number of hydrogen-bond acceptors (Lipinski definition) is 4. The van der Waals surface area contributed by atoms with E-state index >= 15 is 0 Å². The van der Waals surface area contributed by atoms with Crippen LogP contribution in [0.5, 0.6) is 0 Å². The molecule has 0 spiro atoms. The Labute approximate surface area is 180 Å². The highest BCUT2D eigenvalue weighted by atomic mass is 35.5. The van der Waals surface area contributed by atoms with Crippen molar-refractivity contribution in [2.75, 3.05) is 19.7 Å². The second kappa shape index (κ2) is 8.20. The molecule has 3 rings (SSSR count). The molecule has 1 amide bonds. The minimum atomic E-state index is -4.83. The lowest BCUT2D eigenvalue weighted by atomic mass is 9.68. The number of nitrogens with zero attached hydrogens (tertiary/aromatic N) is 1. The number of likely N-dealkylation sites (tertiary alicyclic amines) is 1. The maximum atomic E-state index is 14.6. The quantitative estimate of drug-likeness (QED) is 0.506. The van der Waals surface area contributed by atoms with Crippen molar-refractivity contribution in [1.82, 2.24) is 4.90 Å². The van der Waals surface area contributed by atoms with Gasteiger partial charge in [0.2, 0.25) is 5.91 Å². The van der Waals surface area contributed by atoms with Crippen molar-refractivity contribution in [1.29, 1.82) is 0 Å². The van der Waals surface area contributed by atoms with Crippen LogP contribution in [-0.4, -0.2) is 42.0 Å². The molecule has 5 nitrogen and oxygen atoms in total. The SMILES string of the molecule is CC(=O)OCC1(N)CC(C(=O)N2CC(CC(F)(F)c3ccc(Cl)c(C(F)(F)F)c3)C2)C1. The van der Waals surface area contributed by atoms with Crippen molar-refractivity contribution in [3.05, 3.63) is 34.3 Å². The summed E-state index contributed by atoms with van der Waals surface area (Å²) in [6.45, 7) is 1.48. The number of halogens is 6. The van der Waals surface area contributed by atoms with Crippen LogP contribution in [0.3, 0.4) is 0 Å². The highest BCUT2D eigenvalue weighted by Gasteiger charge is 2.49. The fourth-order valence-corrected chi connectivity index (χ4v) is 4.27. The smallest absolute Gasteiger partial charge is 0.417 e. The van der Waals surface area contributed by atoms with Crippen LogP contribution in [-0.2, 0) is 26.4 Å². The molecule has 1 saturated heterocycles. The van der Waals surface area contributed by atoms with Gasteiger partial charge in [0.05, 0.1) is 16.1 Å². The van der Waals surface area contributed by atoms with Gasteiger partial charge >= 0.3 is 12.1 Å². The minimum absolute atomic E-state index is 0.0158. The lowest BCUT2D eigenvalue weighted by Gasteiger charge is -2.48. The van der Waals surface area contributed by atoms with Crippen LogP contribution in [0.1, 0.15) is 37.3 Å². The van der Waals surface area contributed by atoms with Crippen LogP contribution in [0.2, 0.25) is 5.02 Å². The molecule has 2 N–H and O–H groups in total. The number of rotatable bonds is 6. The number of benzene rings is 1. The Morgan fingerprint density at radius 3 is 2.39 bits per heavy atom. The first kappa shape index (κ1) is 23.7. The highest BCUT2D eigenvalue weighted by molar-refractivity contribution is 6.31. The Kier molecular flexibility index (Phi) is 6.27. The Bertz CT molecular complexity index is 865. The van der Waals surface area contributed by atoms with Crippen molar-refractivity contribution in [2.45, 2.75) is 43.8 Å². The molecule has 0 aromatic heterocycles. The summed E-state index contributed by atoms with van der Waals surface area (Å²) >= 11 is 5.49. The molecule has 0 radical (unpaired) electrons. The largest absolute Gasteiger partial charge is 0.464 e. The number of esters is 1.